The van der Waals surface area contributed by atoms with Gasteiger partial charge in [-0.25, -0.2) is 19.3 Å². The molecule has 30 heavy (non-hydrogen) atoms. The highest BCUT2D eigenvalue weighted by molar-refractivity contribution is 8.00. The van der Waals surface area contributed by atoms with Gasteiger partial charge in [0, 0.05) is 24.4 Å². The lowest BCUT2D eigenvalue weighted by molar-refractivity contribution is -0.137. The number of nitrogens with zero attached hydrogens (tertiary/aromatic N) is 5. The van der Waals surface area contributed by atoms with E-state index in [0.717, 1.165) is 0 Å². The summed E-state index contributed by atoms with van der Waals surface area (Å²) in [7, 11) is 0. The molecule has 1 aliphatic rings. The van der Waals surface area contributed by atoms with Crippen molar-refractivity contribution in [2.24, 2.45) is 0 Å². The van der Waals surface area contributed by atoms with E-state index in [1.165, 1.54) is 35.4 Å². The van der Waals surface area contributed by atoms with Crippen LogP contribution in [0.5, 0.6) is 0 Å². The van der Waals surface area contributed by atoms with Gasteiger partial charge in [-0.1, -0.05) is 23.7 Å². The first kappa shape index (κ1) is 20.4. The molecule has 3 aromatic rings. The number of anilines is 1. The van der Waals surface area contributed by atoms with Gasteiger partial charge >= 0.3 is 0 Å². The van der Waals surface area contributed by atoms with Crippen LogP contribution < -0.4 is 11.1 Å². The lowest BCUT2D eigenvalue weighted by Crippen LogP contribution is -2.45. The molecule has 0 bridgehead atoms. The maximum atomic E-state index is 14.0. The van der Waals surface area contributed by atoms with E-state index in [4.69, 9.17) is 17.3 Å². The molecule has 4 rings (SSSR count). The molecule has 9 nitrogen and oxygen atoms in total. The molecule has 2 amide bonds. The van der Waals surface area contributed by atoms with Crippen molar-refractivity contribution >= 4 is 52.2 Å². The number of nitrogen functional groups attached to an aromatic ring is 1. The van der Waals surface area contributed by atoms with E-state index in [1.807, 2.05) is 0 Å². The van der Waals surface area contributed by atoms with Crippen LogP contribution in [0.3, 0.4) is 0 Å². The monoisotopic (exact) mass is 449 g/mol. The van der Waals surface area contributed by atoms with Crippen LogP contribution in [0.1, 0.15) is 5.56 Å². The van der Waals surface area contributed by atoms with E-state index in [0.29, 0.717) is 23.5 Å². The van der Waals surface area contributed by atoms with Gasteiger partial charge in [0.05, 0.1) is 11.3 Å². The van der Waals surface area contributed by atoms with Gasteiger partial charge in [0.2, 0.25) is 5.91 Å². The Labute approximate surface area is 179 Å². The average molecular weight is 450 g/mol. The summed E-state index contributed by atoms with van der Waals surface area (Å²) in [6.45, 7) is 0.365. The number of nitrogens with one attached hydrogen (secondary N) is 1. The molecule has 3 heterocycles. The summed E-state index contributed by atoms with van der Waals surface area (Å²) >= 11 is 7.12. The largest absolute Gasteiger partial charge is 0.382 e. The first-order valence-electron chi connectivity index (χ1n) is 8.98. The molecular weight excluding hydrogens is 433 g/mol. The minimum atomic E-state index is -0.700. The highest BCUT2D eigenvalue weighted by Crippen LogP contribution is 2.25. The van der Waals surface area contributed by atoms with Crippen molar-refractivity contribution in [1.29, 1.82) is 0 Å². The number of carbonyl (C=O) groups excluding carboxylic acids is 2. The standard InChI is InChI=1S/C18H17ClFN7O2S/c19-11-3-1-2-10(13(11)20)6-22-17(29)18-27(4-5-30-18)12(28)7-26-9-25-14-15(21)23-8-24-16(14)26/h1-3,8-9,18H,4-7H2,(H,22,29)(H2,21,23,24)/t18-/m0/s1. The summed E-state index contributed by atoms with van der Waals surface area (Å²) in [6.07, 6.45) is 2.77. The molecule has 0 unspecified atom stereocenters. The molecule has 1 saturated heterocycles. The molecule has 1 fully saturated rings. The number of carbonyl (C=O) groups is 2. The number of fused-ring (bicyclic) bond motifs is 1. The molecule has 1 aliphatic heterocycles. The molecular formula is C18H17ClFN7O2S. The number of thioether (sulfide) groups is 1. The van der Waals surface area contributed by atoms with Crippen LogP contribution >= 0.6 is 23.4 Å². The van der Waals surface area contributed by atoms with Crippen LogP contribution in [0.2, 0.25) is 5.02 Å². The lowest BCUT2D eigenvalue weighted by Gasteiger charge is -2.23. The molecule has 0 radical (unpaired) electrons. The highest BCUT2D eigenvalue weighted by Gasteiger charge is 2.35. The topological polar surface area (TPSA) is 119 Å². The number of amides is 2. The fourth-order valence-electron chi connectivity index (χ4n) is 3.15. The predicted octanol–water partition coefficient (Wildman–Crippen LogP) is 1.42. The van der Waals surface area contributed by atoms with Gasteiger partial charge in [-0.3, -0.25) is 9.59 Å². The summed E-state index contributed by atoms with van der Waals surface area (Å²) in [4.78, 5) is 39.1. The van der Waals surface area contributed by atoms with Crippen LogP contribution in [0.15, 0.2) is 30.9 Å². The van der Waals surface area contributed by atoms with E-state index in [2.05, 4.69) is 20.3 Å². The van der Waals surface area contributed by atoms with Crippen LogP contribution in [-0.4, -0.2) is 53.9 Å². The zero-order valence-corrected chi connectivity index (χ0v) is 17.2. The fourth-order valence-corrected chi connectivity index (χ4v) is 4.51. The predicted molar refractivity (Wildman–Crippen MR) is 111 cm³/mol. The van der Waals surface area contributed by atoms with Crippen LogP contribution in [0.25, 0.3) is 11.2 Å². The van der Waals surface area contributed by atoms with Crippen LogP contribution in [0, 0.1) is 5.82 Å². The Hall–Kier alpha value is -2.92. The number of aromatic nitrogens is 4. The molecule has 0 aliphatic carbocycles. The van der Waals surface area contributed by atoms with Crippen molar-refractivity contribution in [2.75, 3.05) is 18.0 Å². The van der Waals surface area contributed by atoms with Gasteiger partial charge in [0.25, 0.3) is 5.91 Å². The van der Waals surface area contributed by atoms with E-state index in [1.54, 1.807) is 16.7 Å². The number of nitrogens with two attached hydrogens (primary N) is 1. The SMILES string of the molecule is Nc1ncnc2c1ncn2CC(=O)N1CCS[C@H]1C(=O)NCc1cccc(Cl)c1F. The number of rotatable bonds is 5. The summed E-state index contributed by atoms with van der Waals surface area (Å²) in [5.41, 5.74) is 6.91. The van der Waals surface area contributed by atoms with E-state index >= 15 is 0 Å². The minimum Gasteiger partial charge on any atom is -0.382 e. The maximum absolute atomic E-state index is 14.0. The molecule has 12 heteroatoms. The van der Waals surface area contributed by atoms with Gasteiger partial charge in [-0.05, 0) is 6.07 Å². The van der Waals surface area contributed by atoms with Crippen molar-refractivity contribution in [3.63, 3.8) is 0 Å². The van der Waals surface area contributed by atoms with Crippen LogP contribution in [-0.2, 0) is 22.7 Å². The fraction of sp³-hybridized carbons (Fsp3) is 0.278. The zero-order valence-electron chi connectivity index (χ0n) is 15.6. The Bertz CT molecular complexity index is 1130. The molecule has 2 aromatic heterocycles. The van der Waals surface area contributed by atoms with Crippen molar-refractivity contribution in [1.82, 2.24) is 29.7 Å². The number of hydrogen-bond donors (Lipinski definition) is 2. The van der Waals surface area contributed by atoms with E-state index in [-0.39, 0.29) is 41.3 Å². The number of imidazole rings is 1. The Balaban J connectivity index is 1.43. The second-order valence-corrected chi connectivity index (χ2v) is 8.14. The smallest absolute Gasteiger partial charge is 0.253 e. The first-order valence-corrected chi connectivity index (χ1v) is 10.4. The van der Waals surface area contributed by atoms with Crippen molar-refractivity contribution in [2.45, 2.75) is 18.5 Å². The van der Waals surface area contributed by atoms with Gasteiger partial charge < -0.3 is 20.5 Å². The third-order valence-electron chi connectivity index (χ3n) is 4.66. The molecule has 3 N–H and O–H groups in total. The Morgan fingerprint density at radius 2 is 2.17 bits per heavy atom. The third-order valence-corrected chi connectivity index (χ3v) is 6.15. The highest BCUT2D eigenvalue weighted by atomic mass is 35.5. The normalized spacial score (nSPS) is 16.2. The maximum Gasteiger partial charge on any atom is 0.253 e. The summed E-state index contributed by atoms with van der Waals surface area (Å²) < 4.78 is 15.6. The third kappa shape index (κ3) is 3.90. The Morgan fingerprint density at radius 1 is 1.33 bits per heavy atom. The summed E-state index contributed by atoms with van der Waals surface area (Å²) in [6, 6.07) is 4.59. The summed E-state index contributed by atoms with van der Waals surface area (Å²) in [5, 5.41) is 1.97. The van der Waals surface area contributed by atoms with Crippen molar-refractivity contribution < 1.29 is 14.0 Å². The molecule has 1 atom stereocenters. The zero-order chi connectivity index (χ0) is 21.3. The average Bonchev–Trinajstić information content (AvgIpc) is 3.37. The first-order chi connectivity index (χ1) is 14.5. The second kappa shape index (κ2) is 8.44. The van der Waals surface area contributed by atoms with Crippen molar-refractivity contribution in [3.05, 3.63) is 47.3 Å². The van der Waals surface area contributed by atoms with Gasteiger partial charge in [-0.15, -0.1) is 11.8 Å². The second-order valence-electron chi connectivity index (χ2n) is 6.54. The van der Waals surface area contributed by atoms with E-state index in [9.17, 15) is 14.0 Å². The Kier molecular flexibility index (Phi) is 5.73. The minimum absolute atomic E-state index is 0.00852. The number of benzene rings is 1. The number of halogens is 2. The van der Waals surface area contributed by atoms with E-state index < -0.39 is 11.2 Å². The van der Waals surface area contributed by atoms with Gasteiger partial charge in [-0.2, -0.15) is 0 Å². The molecule has 1 aromatic carbocycles. The number of hydrogen-bond acceptors (Lipinski definition) is 7. The lowest BCUT2D eigenvalue weighted by atomic mass is 10.2. The molecule has 0 saturated carbocycles. The van der Waals surface area contributed by atoms with Gasteiger partial charge in [0.1, 0.15) is 24.2 Å². The summed E-state index contributed by atoms with van der Waals surface area (Å²) in [5.74, 6) is -0.346. The molecule has 156 valence electrons. The molecule has 0 spiro atoms. The van der Waals surface area contributed by atoms with Gasteiger partial charge in [0.15, 0.2) is 16.8 Å². The van der Waals surface area contributed by atoms with Crippen molar-refractivity contribution in [3.8, 4) is 0 Å². The Morgan fingerprint density at radius 3 is 3.00 bits per heavy atom. The quantitative estimate of drug-likeness (QED) is 0.604. The van der Waals surface area contributed by atoms with Crippen LogP contribution in [0.4, 0.5) is 10.2 Å².